The number of hydrogen-bond acceptors (Lipinski definition) is 2. The fourth-order valence-corrected chi connectivity index (χ4v) is 3.07. The minimum Gasteiger partial charge on any atom is -0.322 e. The number of benzene rings is 2. The van der Waals surface area contributed by atoms with Crippen molar-refractivity contribution in [3.05, 3.63) is 65.5 Å². The van der Waals surface area contributed by atoms with E-state index in [9.17, 15) is 9.18 Å². The summed E-state index contributed by atoms with van der Waals surface area (Å²) in [4.78, 5) is 12.1. The molecule has 1 atom stereocenters. The van der Waals surface area contributed by atoms with Crippen molar-refractivity contribution in [1.82, 2.24) is 5.32 Å². The zero-order chi connectivity index (χ0) is 16.8. The van der Waals surface area contributed by atoms with Gasteiger partial charge in [0.2, 0.25) is 0 Å². The van der Waals surface area contributed by atoms with Crippen LogP contribution >= 0.6 is 12.4 Å². The summed E-state index contributed by atoms with van der Waals surface area (Å²) in [6, 6.07) is 14.1. The van der Waals surface area contributed by atoms with Gasteiger partial charge in [-0.2, -0.15) is 0 Å². The Hall–Kier alpha value is -1.91. The Morgan fingerprint density at radius 3 is 2.44 bits per heavy atom. The molecule has 5 heteroatoms. The molecule has 0 aliphatic carbocycles. The maximum absolute atomic E-state index is 12.9. The van der Waals surface area contributed by atoms with Crippen molar-refractivity contribution < 1.29 is 9.18 Å². The fraction of sp³-hybridized carbons (Fsp3) is 0.350. The van der Waals surface area contributed by atoms with Gasteiger partial charge >= 0.3 is 0 Å². The summed E-state index contributed by atoms with van der Waals surface area (Å²) in [5.41, 5.74) is 2.48. The minimum absolute atomic E-state index is 0. The van der Waals surface area contributed by atoms with Gasteiger partial charge in [0.15, 0.2) is 0 Å². The topological polar surface area (TPSA) is 41.1 Å². The van der Waals surface area contributed by atoms with Gasteiger partial charge in [-0.05, 0) is 74.2 Å². The van der Waals surface area contributed by atoms with Crippen LogP contribution in [-0.4, -0.2) is 18.5 Å². The third-order valence-electron chi connectivity index (χ3n) is 4.51. The summed E-state index contributed by atoms with van der Waals surface area (Å²) < 4.78 is 12.9. The predicted octanol–water partition coefficient (Wildman–Crippen LogP) is 4.57. The Bertz CT molecular complexity index is 667. The fourth-order valence-electron chi connectivity index (χ4n) is 3.07. The lowest BCUT2D eigenvalue weighted by Gasteiger charge is -2.23. The first-order valence-electron chi connectivity index (χ1n) is 8.60. The summed E-state index contributed by atoms with van der Waals surface area (Å²) in [5, 5.41) is 6.40. The van der Waals surface area contributed by atoms with Crippen molar-refractivity contribution >= 4 is 24.0 Å². The molecule has 0 saturated carbocycles. The van der Waals surface area contributed by atoms with E-state index < -0.39 is 0 Å². The van der Waals surface area contributed by atoms with Gasteiger partial charge < -0.3 is 10.6 Å². The molecule has 1 unspecified atom stereocenters. The molecular formula is C20H24ClFN2O. The van der Waals surface area contributed by atoms with Crippen LogP contribution in [0.2, 0.25) is 0 Å². The molecule has 2 N–H and O–H groups in total. The smallest absolute Gasteiger partial charge is 0.255 e. The molecule has 2 aromatic rings. The number of carbonyl (C=O) groups is 1. The molecule has 3 nitrogen and oxygen atoms in total. The largest absolute Gasteiger partial charge is 0.322 e. The van der Waals surface area contributed by atoms with E-state index in [1.165, 1.54) is 49.1 Å². The average molecular weight is 363 g/mol. The second-order valence-electron chi connectivity index (χ2n) is 6.34. The first-order chi connectivity index (χ1) is 11.7. The summed E-state index contributed by atoms with van der Waals surface area (Å²) in [7, 11) is 0. The number of aryl methyl sites for hydroxylation is 1. The third kappa shape index (κ3) is 5.83. The molecule has 1 fully saturated rings. The van der Waals surface area contributed by atoms with Crippen LogP contribution in [0.4, 0.5) is 10.1 Å². The van der Waals surface area contributed by atoms with E-state index in [4.69, 9.17) is 0 Å². The van der Waals surface area contributed by atoms with Crippen LogP contribution in [0.15, 0.2) is 48.5 Å². The van der Waals surface area contributed by atoms with Gasteiger partial charge in [0.1, 0.15) is 5.82 Å². The van der Waals surface area contributed by atoms with Crippen molar-refractivity contribution in [2.75, 3.05) is 11.9 Å². The summed E-state index contributed by atoms with van der Waals surface area (Å²) in [5.74, 6) is -0.572. The van der Waals surface area contributed by atoms with Crippen molar-refractivity contribution in [2.45, 2.75) is 38.1 Å². The molecule has 1 heterocycles. The molecule has 25 heavy (non-hydrogen) atoms. The Morgan fingerprint density at radius 2 is 1.80 bits per heavy atom. The molecule has 0 bridgehead atoms. The monoisotopic (exact) mass is 362 g/mol. The third-order valence-corrected chi connectivity index (χ3v) is 4.51. The van der Waals surface area contributed by atoms with E-state index in [2.05, 4.69) is 22.8 Å². The van der Waals surface area contributed by atoms with Crippen LogP contribution in [0.1, 0.15) is 41.6 Å². The standard InChI is InChI=1S/C20H23FN2O.ClH/c21-17-9-7-16(8-10-17)20(24)23-19-12-5-15(6-13-19)4-11-18-3-1-2-14-22-18;/h5-10,12-13,18,22H,1-4,11,14H2,(H,23,24);1H. The number of amides is 1. The molecule has 2 aromatic carbocycles. The number of hydrogen-bond donors (Lipinski definition) is 2. The number of piperidine rings is 1. The van der Waals surface area contributed by atoms with Crippen LogP contribution < -0.4 is 10.6 Å². The molecule has 1 amide bonds. The summed E-state index contributed by atoms with van der Waals surface area (Å²) >= 11 is 0. The first-order valence-corrected chi connectivity index (χ1v) is 8.60. The lowest BCUT2D eigenvalue weighted by molar-refractivity contribution is 0.102. The number of carbonyl (C=O) groups excluding carboxylic acids is 1. The van der Waals surface area contributed by atoms with Gasteiger partial charge in [-0.15, -0.1) is 12.4 Å². The van der Waals surface area contributed by atoms with Gasteiger partial charge in [0.05, 0.1) is 0 Å². The number of rotatable bonds is 5. The van der Waals surface area contributed by atoms with Gasteiger partial charge in [-0.25, -0.2) is 4.39 Å². The van der Waals surface area contributed by atoms with E-state index in [0.29, 0.717) is 11.6 Å². The summed E-state index contributed by atoms with van der Waals surface area (Å²) in [6.07, 6.45) is 6.09. The molecular weight excluding hydrogens is 339 g/mol. The Labute approximate surface area is 154 Å². The molecule has 1 aliphatic rings. The van der Waals surface area contributed by atoms with Crippen LogP contribution in [-0.2, 0) is 6.42 Å². The highest BCUT2D eigenvalue weighted by atomic mass is 35.5. The molecule has 0 spiro atoms. The van der Waals surface area contributed by atoms with Gasteiger partial charge in [0, 0.05) is 17.3 Å². The predicted molar refractivity (Wildman–Crippen MR) is 102 cm³/mol. The number of anilines is 1. The lowest BCUT2D eigenvalue weighted by atomic mass is 9.98. The molecule has 3 rings (SSSR count). The van der Waals surface area contributed by atoms with Crippen LogP contribution in [0.5, 0.6) is 0 Å². The zero-order valence-corrected chi connectivity index (χ0v) is 14.9. The van der Waals surface area contributed by atoms with E-state index >= 15 is 0 Å². The highest BCUT2D eigenvalue weighted by Gasteiger charge is 2.12. The number of nitrogens with one attached hydrogen (secondary N) is 2. The maximum atomic E-state index is 12.9. The molecule has 0 aromatic heterocycles. The SMILES string of the molecule is Cl.O=C(Nc1ccc(CCC2CCCCN2)cc1)c1ccc(F)cc1. The van der Waals surface area contributed by atoms with Crippen molar-refractivity contribution in [3.63, 3.8) is 0 Å². The van der Waals surface area contributed by atoms with Crippen molar-refractivity contribution in [3.8, 4) is 0 Å². The lowest BCUT2D eigenvalue weighted by Crippen LogP contribution is -2.34. The van der Waals surface area contributed by atoms with Gasteiger partial charge in [-0.1, -0.05) is 18.6 Å². The van der Waals surface area contributed by atoms with Crippen LogP contribution in [0.25, 0.3) is 0 Å². The number of halogens is 2. The first kappa shape index (κ1) is 19.4. The van der Waals surface area contributed by atoms with Crippen LogP contribution in [0, 0.1) is 5.82 Å². The highest BCUT2D eigenvalue weighted by molar-refractivity contribution is 6.04. The zero-order valence-electron chi connectivity index (χ0n) is 14.1. The minimum atomic E-state index is -0.344. The van der Waals surface area contributed by atoms with Gasteiger partial charge in [-0.3, -0.25) is 4.79 Å². The van der Waals surface area contributed by atoms with Crippen LogP contribution in [0.3, 0.4) is 0 Å². The van der Waals surface area contributed by atoms with Gasteiger partial charge in [0.25, 0.3) is 5.91 Å². The highest BCUT2D eigenvalue weighted by Crippen LogP contribution is 2.16. The molecule has 1 saturated heterocycles. The molecule has 134 valence electrons. The average Bonchev–Trinajstić information content (AvgIpc) is 2.62. The molecule has 0 radical (unpaired) electrons. The summed E-state index contributed by atoms with van der Waals surface area (Å²) in [6.45, 7) is 1.14. The second kappa shape index (κ2) is 9.54. The quantitative estimate of drug-likeness (QED) is 0.817. The normalized spacial score (nSPS) is 16.8. The molecule has 1 aliphatic heterocycles. The van der Waals surface area contributed by atoms with E-state index in [1.807, 2.05) is 12.1 Å². The Kier molecular flexibility index (Phi) is 7.41. The second-order valence-corrected chi connectivity index (χ2v) is 6.34. The van der Waals surface area contributed by atoms with E-state index in [0.717, 1.165) is 25.1 Å². The van der Waals surface area contributed by atoms with E-state index in [-0.39, 0.29) is 24.1 Å². The Balaban J connectivity index is 0.00000225. The van der Waals surface area contributed by atoms with E-state index in [1.54, 1.807) is 0 Å². The Morgan fingerprint density at radius 1 is 1.08 bits per heavy atom. The maximum Gasteiger partial charge on any atom is 0.255 e. The van der Waals surface area contributed by atoms with Crippen molar-refractivity contribution in [2.24, 2.45) is 0 Å². The van der Waals surface area contributed by atoms with Crippen molar-refractivity contribution in [1.29, 1.82) is 0 Å².